The molecule has 2 aromatic carbocycles. The van der Waals surface area contributed by atoms with E-state index in [-0.39, 0.29) is 11.9 Å². The maximum absolute atomic E-state index is 14.9. The largest absolute Gasteiger partial charge is 0.486 e. The SMILES string of the molecule is Fc1cc(-c2ccccn2)ccc1CN1CCC[C@@H]1c1ccc2c(c1)OCCO2. The summed E-state index contributed by atoms with van der Waals surface area (Å²) >= 11 is 0. The summed E-state index contributed by atoms with van der Waals surface area (Å²) in [6.45, 7) is 2.72. The Balaban J connectivity index is 1.36. The van der Waals surface area contributed by atoms with E-state index in [1.54, 1.807) is 12.3 Å². The molecule has 4 nitrogen and oxygen atoms in total. The summed E-state index contributed by atoms with van der Waals surface area (Å²) in [4.78, 5) is 6.66. The normalized spacial score (nSPS) is 18.7. The molecule has 0 aliphatic carbocycles. The third-order valence-electron chi connectivity index (χ3n) is 5.70. The van der Waals surface area contributed by atoms with Crippen molar-refractivity contribution in [1.29, 1.82) is 0 Å². The molecule has 148 valence electrons. The number of aromatic nitrogens is 1. The van der Waals surface area contributed by atoms with Gasteiger partial charge in [0.1, 0.15) is 19.0 Å². The van der Waals surface area contributed by atoms with E-state index in [0.717, 1.165) is 42.1 Å². The molecular formula is C24H23FN2O2. The van der Waals surface area contributed by atoms with Gasteiger partial charge in [0, 0.05) is 29.9 Å². The van der Waals surface area contributed by atoms with Gasteiger partial charge in [-0.1, -0.05) is 24.3 Å². The third kappa shape index (κ3) is 3.70. The number of rotatable bonds is 4. The highest BCUT2D eigenvalue weighted by molar-refractivity contribution is 5.59. The van der Waals surface area contributed by atoms with Crippen LogP contribution in [0.1, 0.15) is 30.0 Å². The predicted molar refractivity (Wildman–Crippen MR) is 109 cm³/mol. The Morgan fingerprint density at radius 3 is 2.72 bits per heavy atom. The zero-order valence-electron chi connectivity index (χ0n) is 16.2. The first kappa shape index (κ1) is 18.1. The number of hydrogen-bond donors (Lipinski definition) is 0. The molecule has 5 rings (SSSR count). The van der Waals surface area contributed by atoms with Crippen LogP contribution in [0.15, 0.2) is 60.8 Å². The van der Waals surface area contributed by atoms with Crippen LogP contribution in [-0.4, -0.2) is 29.6 Å². The van der Waals surface area contributed by atoms with E-state index in [4.69, 9.17) is 9.47 Å². The van der Waals surface area contributed by atoms with Crippen molar-refractivity contribution in [3.63, 3.8) is 0 Å². The van der Waals surface area contributed by atoms with E-state index in [1.807, 2.05) is 36.4 Å². The molecule has 29 heavy (non-hydrogen) atoms. The van der Waals surface area contributed by atoms with E-state index >= 15 is 0 Å². The van der Waals surface area contributed by atoms with Crippen molar-refractivity contribution in [3.8, 4) is 22.8 Å². The highest BCUT2D eigenvalue weighted by atomic mass is 19.1. The van der Waals surface area contributed by atoms with Crippen LogP contribution in [-0.2, 0) is 6.54 Å². The quantitative estimate of drug-likeness (QED) is 0.628. The van der Waals surface area contributed by atoms with Crippen molar-refractivity contribution in [3.05, 3.63) is 77.7 Å². The van der Waals surface area contributed by atoms with E-state index < -0.39 is 0 Å². The molecule has 1 aromatic heterocycles. The highest BCUT2D eigenvalue weighted by Gasteiger charge is 2.28. The molecule has 5 heteroatoms. The van der Waals surface area contributed by atoms with Crippen LogP contribution >= 0.6 is 0 Å². The van der Waals surface area contributed by atoms with Crippen LogP contribution in [0.4, 0.5) is 4.39 Å². The number of benzene rings is 2. The first-order chi connectivity index (χ1) is 14.3. The first-order valence-corrected chi connectivity index (χ1v) is 10.1. The number of nitrogens with zero attached hydrogens (tertiary/aromatic N) is 2. The minimum atomic E-state index is -0.180. The van der Waals surface area contributed by atoms with Crippen molar-refractivity contribution in [1.82, 2.24) is 9.88 Å². The van der Waals surface area contributed by atoms with Crippen molar-refractivity contribution in [2.75, 3.05) is 19.8 Å². The van der Waals surface area contributed by atoms with Crippen LogP contribution in [0.5, 0.6) is 11.5 Å². The van der Waals surface area contributed by atoms with Crippen molar-refractivity contribution in [2.24, 2.45) is 0 Å². The van der Waals surface area contributed by atoms with Gasteiger partial charge < -0.3 is 9.47 Å². The van der Waals surface area contributed by atoms with Gasteiger partial charge in [-0.15, -0.1) is 0 Å². The van der Waals surface area contributed by atoms with Crippen LogP contribution in [0.2, 0.25) is 0 Å². The summed E-state index contributed by atoms with van der Waals surface area (Å²) in [6.07, 6.45) is 3.89. The smallest absolute Gasteiger partial charge is 0.161 e. The maximum Gasteiger partial charge on any atom is 0.161 e. The molecule has 1 atom stereocenters. The van der Waals surface area contributed by atoms with Gasteiger partial charge >= 0.3 is 0 Å². The molecule has 0 spiro atoms. The summed E-state index contributed by atoms with van der Waals surface area (Å²) in [5.74, 6) is 1.44. The molecule has 0 saturated carbocycles. The topological polar surface area (TPSA) is 34.6 Å². The Morgan fingerprint density at radius 1 is 1.00 bits per heavy atom. The van der Waals surface area contributed by atoms with Gasteiger partial charge in [0.25, 0.3) is 0 Å². The van der Waals surface area contributed by atoms with Crippen molar-refractivity contribution < 1.29 is 13.9 Å². The minimum Gasteiger partial charge on any atom is -0.486 e. The number of likely N-dealkylation sites (tertiary alicyclic amines) is 1. The molecule has 3 aromatic rings. The average Bonchev–Trinajstić information content (AvgIpc) is 3.23. The van der Waals surface area contributed by atoms with Crippen LogP contribution < -0.4 is 9.47 Å². The van der Waals surface area contributed by atoms with E-state index in [1.165, 1.54) is 5.56 Å². The van der Waals surface area contributed by atoms with Gasteiger partial charge in [-0.2, -0.15) is 0 Å². The Kier molecular flexibility index (Phi) is 4.90. The second kappa shape index (κ2) is 7.84. The maximum atomic E-state index is 14.9. The van der Waals surface area contributed by atoms with Gasteiger partial charge in [0.2, 0.25) is 0 Å². The fourth-order valence-electron chi connectivity index (χ4n) is 4.25. The highest BCUT2D eigenvalue weighted by Crippen LogP contribution is 2.39. The second-order valence-electron chi connectivity index (χ2n) is 7.55. The third-order valence-corrected chi connectivity index (χ3v) is 5.70. The summed E-state index contributed by atoms with van der Waals surface area (Å²) in [7, 11) is 0. The molecule has 0 radical (unpaired) electrons. The summed E-state index contributed by atoms with van der Waals surface area (Å²) in [6, 6.07) is 17.5. The minimum absolute atomic E-state index is 0.180. The standard InChI is InChI=1S/C24H23FN2O2/c25-20-14-17(21-4-1-2-10-26-21)6-7-19(20)16-27-11-3-5-22(27)18-8-9-23-24(15-18)29-13-12-28-23/h1-2,4,6-10,14-15,22H,3,5,11-13,16H2/t22-/m1/s1. The fourth-order valence-corrected chi connectivity index (χ4v) is 4.25. The van der Waals surface area contributed by atoms with Gasteiger partial charge in [0.15, 0.2) is 11.5 Å². The molecule has 2 aliphatic rings. The van der Waals surface area contributed by atoms with Gasteiger partial charge in [-0.3, -0.25) is 9.88 Å². The molecular weight excluding hydrogens is 367 g/mol. The summed E-state index contributed by atoms with van der Waals surface area (Å²) in [5.41, 5.74) is 3.51. The lowest BCUT2D eigenvalue weighted by Gasteiger charge is -2.27. The van der Waals surface area contributed by atoms with Gasteiger partial charge in [-0.05, 0) is 55.3 Å². The zero-order valence-corrected chi connectivity index (χ0v) is 16.2. The first-order valence-electron chi connectivity index (χ1n) is 10.1. The molecule has 0 bridgehead atoms. The zero-order chi connectivity index (χ0) is 19.6. The molecule has 0 amide bonds. The second-order valence-corrected chi connectivity index (χ2v) is 7.55. The van der Waals surface area contributed by atoms with E-state index in [9.17, 15) is 4.39 Å². The van der Waals surface area contributed by atoms with E-state index in [2.05, 4.69) is 22.0 Å². The summed E-state index contributed by atoms with van der Waals surface area (Å²) < 4.78 is 26.2. The monoisotopic (exact) mass is 390 g/mol. The lowest BCUT2D eigenvalue weighted by atomic mass is 10.0. The molecule has 1 saturated heterocycles. The fraction of sp³-hybridized carbons (Fsp3) is 0.292. The molecule has 3 heterocycles. The van der Waals surface area contributed by atoms with E-state index in [0.29, 0.717) is 25.3 Å². The van der Waals surface area contributed by atoms with Crippen LogP contribution in [0.25, 0.3) is 11.3 Å². The van der Waals surface area contributed by atoms with Gasteiger partial charge in [-0.25, -0.2) is 4.39 Å². The number of hydrogen-bond acceptors (Lipinski definition) is 4. The Labute approximate surface area is 169 Å². The Morgan fingerprint density at radius 2 is 1.90 bits per heavy atom. The lowest BCUT2D eigenvalue weighted by molar-refractivity contribution is 0.170. The molecule has 1 fully saturated rings. The number of ether oxygens (including phenoxy) is 2. The number of halogens is 1. The van der Waals surface area contributed by atoms with Crippen LogP contribution in [0.3, 0.4) is 0 Å². The summed E-state index contributed by atoms with van der Waals surface area (Å²) in [5, 5.41) is 0. The average molecular weight is 390 g/mol. The number of pyridine rings is 1. The van der Waals surface area contributed by atoms with Crippen molar-refractivity contribution >= 4 is 0 Å². The Hall–Kier alpha value is -2.92. The molecule has 2 aliphatic heterocycles. The Bertz CT molecular complexity index is 1010. The predicted octanol–water partition coefficient (Wildman–Crippen LogP) is 5.00. The number of fused-ring (bicyclic) bond motifs is 1. The molecule has 0 unspecified atom stereocenters. The van der Waals surface area contributed by atoms with Crippen molar-refractivity contribution in [2.45, 2.75) is 25.4 Å². The van der Waals surface area contributed by atoms with Gasteiger partial charge in [0.05, 0.1) is 5.69 Å². The lowest BCUT2D eigenvalue weighted by Crippen LogP contribution is -2.23. The van der Waals surface area contributed by atoms with Crippen LogP contribution in [0, 0.1) is 5.82 Å². The molecule has 0 N–H and O–H groups in total.